The van der Waals surface area contributed by atoms with Gasteiger partial charge in [-0.1, -0.05) is 6.92 Å². The number of fused-ring (bicyclic) bond motifs is 1. The van der Waals surface area contributed by atoms with Crippen LogP contribution in [0.15, 0.2) is 36.4 Å². The second kappa shape index (κ2) is 8.61. The molecule has 2 aromatic carbocycles. The van der Waals surface area contributed by atoms with Gasteiger partial charge in [-0.25, -0.2) is 4.39 Å². The molecule has 3 aliphatic heterocycles. The summed E-state index contributed by atoms with van der Waals surface area (Å²) < 4.78 is 26.3. The van der Waals surface area contributed by atoms with Crippen LogP contribution in [-0.2, 0) is 11.2 Å². The first-order valence-corrected chi connectivity index (χ1v) is 11.7. The van der Waals surface area contributed by atoms with Gasteiger partial charge in [-0.3, -0.25) is 4.79 Å². The van der Waals surface area contributed by atoms with Crippen molar-refractivity contribution in [1.82, 2.24) is 4.90 Å². The van der Waals surface area contributed by atoms with Crippen LogP contribution in [0.5, 0.6) is 5.75 Å². The van der Waals surface area contributed by atoms with Gasteiger partial charge in [0, 0.05) is 42.3 Å². The molecule has 0 aromatic heterocycles. The molecule has 2 aromatic rings. The topological polar surface area (TPSA) is 45.2 Å². The second-order valence-corrected chi connectivity index (χ2v) is 10.1. The lowest BCUT2D eigenvalue weighted by Gasteiger charge is -2.37. The Morgan fingerprint density at radius 1 is 1.18 bits per heavy atom. The molecule has 0 N–H and O–H groups in total. The van der Waals surface area contributed by atoms with Crippen LogP contribution in [-0.4, -0.2) is 70.4 Å². The number of benzene rings is 2. The molecule has 3 aliphatic rings. The number of anilines is 2. The molecular formula is C26H32FN3O3. The number of carbonyl (C=O) groups excluding carboxylic acids is 1. The minimum Gasteiger partial charge on any atom is -0.493 e. The Hall–Kier alpha value is -2.64. The quantitative estimate of drug-likeness (QED) is 0.669. The van der Waals surface area contributed by atoms with Crippen LogP contribution in [0.1, 0.15) is 29.3 Å². The first-order valence-electron chi connectivity index (χ1n) is 11.7. The summed E-state index contributed by atoms with van der Waals surface area (Å²) in [6.07, 6.45) is 1.73. The van der Waals surface area contributed by atoms with Gasteiger partial charge in [0.15, 0.2) is 0 Å². The SMILES string of the molecule is CN(C)[C@@H]1CCN(c2ccc(N3CCc4cc(OCC5(C)COC5)ccc4C3=O)cc2F)C1. The fourth-order valence-corrected chi connectivity index (χ4v) is 4.89. The van der Waals surface area contributed by atoms with Crippen molar-refractivity contribution >= 4 is 17.3 Å². The normalized spacial score (nSPS) is 21.8. The summed E-state index contributed by atoms with van der Waals surface area (Å²) in [5.74, 6) is 0.408. The third-order valence-electron chi connectivity index (χ3n) is 7.12. The number of rotatable bonds is 6. The van der Waals surface area contributed by atoms with Crippen LogP contribution < -0.4 is 14.5 Å². The lowest BCUT2D eigenvalue weighted by molar-refractivity contribution is -0.120. The Balaban J connectivity index is 1.28. The minimum atomic E-state index is -0.275. The smallest absolute Gasteiger partial charge is 0.258 e. The fourth-order valence-electron chi connectivity index (χ4n) is 4.89. The average molecular weight is 454 g/mol. The van der Waals surface area contributed by atoms with Crippen LogP contribution in [0.4, 0.5) is 15.8 Å². The van der Waals surface area contributed by atoms with Gasteiger partial charge in [0.25, 0.3) is 5.91 Å². The highest BCUT2D eigenvalue weighted by Gasteiger charge is 2.34. The Bertz CT molecular complexity index is 1050. The van der Waals surface area contributed by atoms with E-state index in [1.54, 1.807) is 4.90 Å². The van der Waals surface area contributed by atoms with E-state index in [2.05, 4.69) is 30.8 Å². The lowest BCUT2D eigenvalue weighted by atomic mass is 9.90. The van der Waals surface area contributed by atoms with Crippen molar-refractivity contribution in [2.45, 2.75) is 25.8 Å². The van der Waals surface area contributed by atoms with Crippen LogP contribution in [0.25, 0.3) is 0 Å². The van der Waals surface area contributed by atoms with Crippen molar-refractivity contribution in [3.05, 3.63) is 53.3 Å². The third kappa shape index (κ3) is 4.32. The maximum atomic E-state index is 15.1. The maximum absolute atomic E-state index is 15.1. The number of ether oxygens (including phenoxy) is 2. The molecule has 176 valence electrons. The van der Waals surface area contributed by atoms with E-state index >= 15 is 4.39 Å². The molecule has 0 aliphatic carbocycles. The number of carbonyl (C=O) groups is 1. The molecule has 0 saturated carbocycles. The molecule has 1 amide bonds. The van der Waals surface area contributed by atoms with Crippen molar-refractivity contribution in [3.8, 4) is 5.75 Å². The summed E-state index contributed by atoms with van der Waals surface area (Å²) in [5.41, 5.74) is 2.92. The molecule has 7 heteroatoms. The number of hydrogen-bond donors (Lipinski definition) is 0. The molecule has 33 heavy (non-hydrogen) atoms. The molecule has 6 nitrogen and oxygen atoms in total. The van der Waals surface area contributed by atoms with Crippen LogP contribution in [0, 0.1) is 11.2 Å². The average Bonchev–Trinajstić information content (AvgIpc) is 3.27. The summed E-state index contributed by atoms with van der Waals surface area (Å²) >= 11 is 0. The standard InChI is InChI=1S/C26H32FN3O3/c1-26(15-32-16-26)17-33-21-5-6-22-18(12-21)8-11-30(25(22)31)19-4-7-24(23(27)13-19)29-10-9-20(14-29)28(2)3/h4-7,12-13,20H,8-11,14-17H2,1-3H3/t20-/m1/s1. The highest BCUT2D eigenvalue weighted by atomic mass is 19.1. The van der Waals surface area contributed by atoms with E-state index < -0.39 is 0 Å². The summed E-state index contributed by atoms with van der Waals surface area (Å²) in [5, 5.41) is 0. The van der Waals surface area contributed by atoms with Crippen LogP contribution >= 0.6 is 0 Å². The summed E-state index contributed by atoms with van der Waals surface area (Å²) in [6, 6.07) is 11.3. The molecule has 0 unspecified atom stereocenters. The number of halogens is 1. The van der Waals surface area contributed by atoms with Crippen molar-refractivity contribution in [2.75, 3.05) is 63.4 Å². The molecular weight excluding hydrogens is 421 g/mol. The monoisotopic (exact) mass is 453 g/mol. The Morgan fingerprint density at radius 2 is 2.00 bits per heavy atom. The van der Waals surface area contributed by atoms with Gasteiger partial charge in [0.05, 0.1) is 25.5 Å². The predicted octanol–water partition coefficient (Wildman–Crippen LogP) is 3.58. The molecule has 2 fully saturated rings. The van der Waals surface area contributed by atoms with Gasteiger partial charge in [0.2, 0.25) is 0 Å². The summed E-state index contributed by atoms with van der Waals surface area (Å²) in [6.45, 7) is 6.35. The molecule has 3 heterocycles. The van der Waals surface area contributed by atoms with E-state index in [-0.39, 0.29) is 17.1 Å². The van der Waals surface area contributed by atoms with Gasteiger partial charge in [0.1, 0.15) is 11.6 Å². The van der Waals surface area contributed by atoms with Crippen LogP contribution in [0.3, 0.4) is 0 Å². The van der Waals surface area contributed by atoms with Gasteiger partial charge >= 0.3 is 0 Å². The summed E-state index contributed by atoms with van der Waals surface area (Å²) in [7, 11) is 4.12. The van der Waals surface area contributed by atoms with Crippen molar-refractivity contribution < 1.29 is 18.7 Å². The number of amides is 1. The lowest BCUT2D eigenvalue weighted by Crippen LogP contribution is -2.44. The van der Waals surface area contributed by atoms with Crippen LogP contribution in [0.2, 0.25) is 0 Å². The zero-order valence-corrected chi connectivity index (χ0v) is 19.6. The van der Waals surface area contributed by atoms with E-state index in [1.807, 2.05) is 30.3 Å². The van der Waals surface area contributed by atoms with E-state index in [0.717, 1.165) is 30.8 Å². The highest BCUT2D eigenvalue weighted by Crippen LogP contribution is 2.33. The van der Waals surface area contributed by atoms with Gasteiger partial charge < -0.3 is 24.2 Å². The molecule has 0 radical (unpaired) electrons. The number of likely N-dealkylation sites (N-methyl/N-ethyl adjacent to an activating group) is 1. The second-order valence-electron chi connectivity index (χ2n) is 10.1. The Morgan fingerprint density at radius 3 is 2.67 bits per heavy atom. The molecule has 0 bridgehead atoms. The molecule has 1 atom stereocenters. The van der Waals surface area contributed by atoms with Crippen molar-refractivity contribution in [3.63, 3.8) is 0 Å². The van der Waals surface area contributed by atoms with Gasteiger partial charge in [-0.2, -0.15) is 0 Å². The third-order valence-corrected chi connectivity index (χ3v) is 7.12. The zero-order valence-electron chi connectivity index (χ0n) is 19.6. The summed E-state index contributed by atoms with van der Waals surface area (Å²) in [4.78, 5) is 19.2. The first kappa shape index (κ1) is 22.2. The largest absolute Gasteiger partial charge is 0.493 e. The van der Waals surface area contributed by atoms with E-state index in [9.17, 15) is 4.79 Å². The van der Waals surface area contributed by atoms with Crippen molar-refractivity contribution in [2.24, 2.45) is 5.41 Å². The number of nitrogens with zero attached hydrogens (tertiary/aromatic N) is 3. The highest BCUT2D eigenvalue weighted by molar-refractivity contribution is 6.08. The maximum Gasteiger partial charge on any atom is 0.258 e. The van der Waals surface area contributed by atoms with Crippen molar-refractivity contribution in [1.29, 1.82) is 0 Å². The van der Waals surface area contributed by atoms with E-state index in [0.29, 0.717) is 55.8 Å². The van der Waals surface area contributed by atoms with Gasteiger partial charge in [-0.05, 0) is 68.9 Å². The Kier molecular flexibility index (Phi) is 5.79. The number of hydrogen-bond acceptors (Lipinski definition) is 5. The zero-order chi connectivity index (χ0) is 23.2. The molecule has 2 saturated heterocycles. The first-order chi connectivity index (χ1) is 15.8. The van der Waals surface area contributed by atoms with Gasteiger partial charge in [-0.15, -0.1) is 0 Å². The van der Waals surface area contributed by atoms with E-state index in [1.165, 1.54) is 6.07 Å². The van der Waals surface area contributed by atoms with E-state index in [4.69, 9.17) is 9.47 Å². The predicted molar refractivity (Wildman–Crippen MR) is 127 cm³/mol. The Labute approximate surface area is 194 Å². The molecule has 0 spiro atoms. The fraction of sp³-hybridized carbons (Fsp3) is 0.500. The molecule has 5 rings (SSSR count). The minimum absolute atomic E-state index is 0.0706.